The lowest BCUT2D eigenvalue weighted by atomic mass is 9.96. The molecule has 0 fully saturated rings. The number of carbonyl (C=O) groups is 1. The maximum Gasteiger partial charge on any atom is 0.239 e. The van der Waals surface area contributed by atoms with Gasteiger partial charge in [0, 0.05) is 5.92 Å². The molecular weight excluding hydrogens is 348 g/mol. The molecular formula is C24H24N2O2. The molecule has 0 unspecified atom stereocenters. The fourth-order valence-corrected chi connectivity index (χ4v) is 3.64. The van der Waals surface area contributed by atoms with Crippen molar-refractivity contribution < 1.29 is 9.53 Å². The largest absolute Gasteiger partial charge is 0.497 e. The Morgan fingerprint density at radius 2 is 1.68 bits per heavy atom. The molecule has 1 aromatic heterocycles. The van der Waals surface area contributed by atoms with Gasteiger partial charge in [0.15, 0.2) is 0 Å². The Balaban J connectivity index is 1.77. The van der Waals surface area contributed by atoms with Crippen molar-refractivity contribution in [3.63, 3.8) is 0 Å². The molecule has 28 heavy (non-hydrogen) atoms. The van der Waals surface area contributed by atoms with Gasteiger partial charge in [-0.1, -0.05) is 50.2 Å². The van der Waals surface area contributed by atoms with Gasteiger partial charge >= 0.3 is 0 Å². The predicted molar refractivity (Wildman–Crippen MR) is 113 cm³/mol. The average molecular weight is 372 g/mol. The van der Waals surface area contributed by atoms with E-state index in [1.165, 1.54) is 0 Å². The fourth-order valence-electron chi connectivity index (χ4n) is 3.64. The van der Waals surface area contributed by atoms with Gasteiger partial charge in [-0.05, 0) is 47.5 Å². The molecule has 3 aromatic carbocycles. The summed E-state index contributed by atoms with van der Waals surface area (Å²) in [6.45, 7) is 6.10. The summed E-state index contributed by atoms with van der Waals surface area (Å²) in [6, 6.07) is 20.0. The van der Waals surface area contributed by atoms with Crippen molar-refractivity contribution in [1.82, 2.24) is 9.55 Å². The Bertz CT molecular complexity index is 1170. The number of fused-ring (bicyclic) bond motifs is 2. The highest BCUT2D eigenvalue weighted by Crippen LogP contribution is 2.29. The van der Waals surface area contributed by atoms with E-state index in [9.17, 15) is 4.79 Å². The molecule has 142 valence electrons. The molecule has 0 aliphatic carbocycles. The number of hydrogen-bond donors (Lipinski definition) is 0. The SMILES string of the molecule is COc1ccc2cc([C@H](C)C(=O)n3c(C(C)C)nc4ccccc43)ccc2c1. The number of nitrogens with zero attached hydrogens (tertiary/aromatic N) is 2. The Morgan fingerprint density at radius 1 is 0.964 bits per heavy atom. The lowest BCUT2D eigenvalue weighted by Crippen LogP contribution is -2.21. The average Bonchev–Trinajstić information content (AvgIpc) is 3.11. The Hall–Kier alpha value is -3.14. The molecule has 0 N–H and O–H groups in total. The molecule has 0 saturated heterocycles. The predicted octanol–water partition coefficient (Wildman–Crippen LogP) is 5.77. The molecule has 4 heteroatoms. The highest BCUT2D eigenvalue weighted by atomic mass is 16.5. The number of ether oxygens (including phenoxy) is 1. The number of rotatable bonds is 4. The highest BCUT2D eigenvalue weighted by molar-refractivity contribution is 5.95. The van der Waals surface area contributed by atoms with Crippen molar-refractivity contribution in [2.24, 2.45) is 0 Å². The van der Waals surface area contributed by atoms with Gasteiger partial charge in [0.25, 0.3) is 0 Å². The minimum atomic E-state index is -0.276. The number of imidazole rings is 1. The van der Waals surface area contributed by atoms with E-state index < -0.39 is 0 Å². The third-order valence-electron chi connectivity index (χ3n) is 5.27. The van der Waals surface area contributed by atoms with Gasteiger partial charge in [-0.3, -0.25) is 9.36 Å². The van der Waals surface area contributed by atoms with E-state index in [4.69, 9.17) is 9.72 Å². The van der Waals surface area contributed by atoms with Crippen molar-refractivity contribution in [1.29, 1.82) is 0 Å². The number of hydrogen-bond acceptors (Lipinski definition) is 3. The summed E-state index contributed by atoms with van der Waals surface area (Å²) >= 11 is 0. The Labute approximate surface area is 164 Å². The zero-order valence-electron chi connectivity index (χ0n) is 16.6. The Kier molecular flexibility index (Phi) is 4.63. The monoisotopic (exact) mass is 372 g/mol. The first-order valence-corrected chi connectivity index (χ1v) is 9.59. The standard InChI is InChI=1S/C24H24N2O2/c1-15(2)23-25-21-7-5-6-8-22(21)26(23)24(27)16(3)17-9-10-19-14-20(28-4)12-11-18(19)13-17/h5-16H,1-4H3/t16-/m0/s1. The zero-order valence-corrected chi connectivity index (χ0v) is 16.6. The topological polar surface area (TPSA) is 44.1 Å². The van der Waals surface area contributed by atoms with E-state index >= 15 is 0 Å². The van der Waals surface area contributed by atoms with Gasteiger partial charge in [-0.2, -0.15) is 0 Å². The first kappa shape index (κ1) is 18.2. The summed E-state index contributed by atoms with van der Waals surface area (Å²) < 4.78 is 7.09. The molecule has 4 aromatic rings. The summed E-state index contributed by atoms with van der Waals surface area (Å²) in [5.74, 6) is 1.57. The lowest BCUT2D eigenvalue weighted by Gasteiger charge is -2.16. The maximum absolute atomic E-state index is 13.5. The summed E-state index contributed by atoms with van der Waals surface area (Å²) in [6.07, 6.45) is 0. The number of para-hydroxylation sites is 2. The van der Waals surface area contributed by atoms with Crippen LogP contribution in [0.3, 0.4) is 0 Å². The minimum Gasteiger partial charge on any atom is -0.497 e. The van der Waals surface area contributed by atoms with E-state index in [0.717, 1.165) is 38.9 Å². The highest BCUT2D eigenvalue weighted by Gasteiger charge is 2.24. The van der Waals surface area contributed by atoms with Gasteiger partial charge < -0.3 is 4.74 Å². The molecule has 4 rings (SSSR count). The summed E-state index contributed by atoms with van der Waals surface area (Å²) in [7, 11) is 1.66. The molecule has 0 spiro atoms. The van der Waals surface area contributed by atoms with E-state index in [1.54, 1.807) is 11.7 Å². The molecule has 0 bridgehead atoms. The smallest absolute Gasteiger partial charge is 0.239 e. The number of aromatic nitrogens is 2. The molecule has 0 radical (unpaired) electrons. The molecule has 0 amide bonds. The first-order valence-electron chi connectivity index (χ1n) is 9.59. The molecule has 4 nitrogen and oxygen atoms in total. The summed E-state index contributed by atoms with van der Waals surface area (Å²) in [5.41, 5.74) is 2.72. The van der Waals surface area contributed by atoms with Gasteiger partial charge in [-0.25, -0.2) is 4.98 Å². The van der Waals surface area contributed by atoms with Gasteiger partial charge in [0.1, 0.15) is 11.6 Å². The van der Waals surface area contributed by atoms with Crippen molar-refractivity contribution in [2.75, 3.05) is 7.11 Å². The van der Waals surface area contributed by atoms with E-state index in [1.807, 2.05) is 61.5 Å². The van der Waals surface area contributed by atoms with Crippen molar-refractivity contribution in [3.8, 4) is 5.75 Å². The lowest BCUT2D eigenvalue weighted by molar-refractivity contribution is 0.0885. The third kappa shape index (κ3) is 3.05. The number of carbonyl (C=O) groups excluding carboxylic acids is 1. The minimum absolute atomic E-state index is 0.0465. The molecule has 0 aliphatic rings. The van der Waals surface area contributed by atoms with Crippen LogP contribution in [0.5, 0.6) is 5.75 Å². The van der Waals surface area contributed by atoms with Gasteiger partial charge in [0.2, 0.25) is 5.91 Å². The first-order chi connectivity index (χ1) is 13.5. The second kappa shape index (κ2) is 7.12. The van der Waals surface area contributed by atoms with Crippen molar-refractivity contribution in [3.05, 3.63) is 72.1 Å². The fraction of sp³-hybridized carbons (Fsp3) is 0.250. The van der Waals surface area contributed by atoms with Crippen LogP contribution in [-0.4, -0.2) is 22.6 Å². The van der Waals surface area contributed by atoms with Crippen LogP contribution in [0.15, 0.2) is 60.7 Å². The van der Waals surface area contributed by atoms with Gasteiger partial charge in [-0.15, -0.1) is 0 Å². The Morgan fingerprint density at radius 3 is 2.43 bits per heavy atom. The molecule has 0 aliphatic heterocycles. The van der Waals surface area contributed by atoms with E-state index in [2.05, 4.69) is 19.9 Å². The molecule has 1 heterocycles. The van der Waals surface area contributed by atoms with Crippen LogP contribution in [-0.2, 0) is 0 Å². The normalized spacial score (nSPS) is 12.6. The van der Waals surface area contributed by atoms with Crippen molar-refractivity contribution >= 4 is 27.7 Å². The second-order valence-corrected chi connectivity index (χ2v) is 7.48. The maximum atomic E-state index is 13.5. The number of methoxy groups -OCH3 is 1. The second-order valence-electron chi connectivity index (χ2n) is 7.48. The molecule has 0 saturated carbocycles. The number of benzene rings is 3. The van der Waals surface area contributed by atoms with Crippen LogP contribution < -0.4 is 4.74 Å². The van der Waals surface area contributed by atoms with Crippen LogP contribution in [0.2, 0.25) is 0 Å². The van der Waals surface area contributed by atoms with E-state index in [-0.39, 0.29) is 17.7 Å². The van der Waals surface area contributed by atoms with Crippen molar-refractivity contribution in [2.45, 2.75) is 32.6 Å². The third-order valence-corrected chi connectivity index (χ3v) is 5.27. The van der Waals surface area contributed by atoms with Crippen LogP contribution >= 0.6 is 0 Å². The zero-order chi connectivity index (χ0) is 19.8. The van der Waals surface area contributed by atoms with Crippen LogP contribution in [0, 0.1) is 0 Å². The summed E-state index contributed by atoms with van der Waals surface area (Å²) in [5, 5.41) is 2.19. The van der Waals surface area contributed by atoms with Crippen LogP contribution in [0.4, 0.5) is 0 Å². The van der Waals surface area contributed by atoms with Crippen LogP contribution in [0.1, 0.15) is 48.8 Å². The summed E-state index contributed by atoms with van der Waals surface area (Å²) in [4.78, 5) is 18.2. The van der Waals surface area contributed by atoms with Crippen LogP contribution in [0.25, 0.3) is 21.8 Å². The van der Waals surface area contributed by atoms with E-state index in [0.29, 0.717) is 0 Å². The quantitative estimate of drug-likeness (QED) is 0.457. The molecule has 1 atom stereocenters. The van der Waals surface area contributed by atoms with Gasteiger partial charge in [0.05, 0.1) is 24.1 Å².